The molecule has 6 aromatic rings. The van der Waals surface area contributed by atoms with E-state index in [2.05, 4.69) is 73.3 Å². The topological polar surface area (TPSA) is 147 Å². The Morgan fingerprint density at radius 1 is 1.00 bits per heavy atom. The number of carbonyl (C=O) groups is 2. The van der Waals surface area contributed by atoms with Crippen LogP contribution in [0.1, 0.15) is 62.1 Å². The number of aromatic nitrogens is 3. The van der Waals surface area contributed by atoms with Crippen molar-refractivity contribution in [3.05, 3.63) is 95.3 Å². The zero-order valence-electron chi connectivity index (χ0n) is 28.8. The molecule has 0 saturated heterocycles. The van der Waals surface area contributed by atoms with Crippen molar-refractivity contribution >= 4 is 44.3 Å². The number of hydrogen-bond donors (Lipinski definition) is 4. The number of amides is 2. The summed E-state index contributed by atoms with van der Waals surface area (Å²) >= 11 is 3.52. The highest BCUT2D eigenvalue weighted by atomic mass is 79.9. The Kier molecular flexibility index (Phi) is 6.68. The lowest BCUT2D eigenvalue weighted by Gasteiger charge is -2.29. The molecule has 2 amide bonds. The molecule has 52 heavy (non-hydrogen) atoms. The molecule has 262 valence electrons. The molecule has 0 aliphatic carbocycles. The summed E-state index contributed by atoms with van der Waals surface area (Å²) in [7, 11) is 0. The number of anilines is 1. The number of halogens is 1. The lowest BCUT2D eigenvalue weighted by molar-refractivity contribution is -0.129. The van der Waals surface area contributed by atoms with Crippen molar-refractivity contribution in [3.8, 4) is 39.8 Å². The summed E-state index contributed by atoms with van der Waals surface area (Å²) in [4.78, 5) is 40.5. The van der Waals surface area contributed by atoms with Crippen LogP contribution < -0.4 is 20.7 Å². The molecular formula is C40H35BrN6O5. The molecule has 7 heterocycles. The van der Waals surface area contributed by atoms with Crippen LogP contribution in [0.4, 0.5) is 5.69 Å². The third-order valence-corrected chi connectivity index (χ3v) is 12.5. The van der Waals surface area contributed by atoms with Gasteiger partial charge in [0.15, 0.2) is 23.4 Å². The molecule has 4 aliphatic heterocycles. The van der Waals surface area contributed by atoms with Crippen LogP contribution in [0.15, 0.2) is 75.8 Å². The van der Waals surface area contributed by atoms with Crippen molar-refractivity contribution in [1.82, 2.24) is 25.6 Å². The second-order valence-electron chi connectivity index (χ2n) is 14.8. The molecule has 11 nitrogen and oxygen atoms in total. The highest BCUT2D eigenvalue weighted by molar-refractivity contribution is 9.10. The van der Waals surface area contributed by atoms with Crippen LogP contribution in [0, 0.1) is 11.8 Å². The van der Waals surface area contributed by atoms with E-state index < -0.39 is 28.6 Å². The molecule has 3 aromatic carbocycles. The molecule has 10 bridgehead atoms. The molecule has 12 heteroatoms. The minimum Gasteiger partial charge on any atom is -0.469 e. The third-order valence-electron chi connectivity index (χ3n) is 11.0. The standard InChI is InChI=1S/C40H35BrN6O5/c1-17(2)30(41)36(49)44-26-14-19-11-12-27-24(13-19)40-23-9-5-8-21(32(23)47-39(40)51-27)20-7-6-10-25-29(20)22(15-42-25)28-16-43-37(50-28)33-34(40)52-38(46-33)31(18(3)4)45-35(26)48/h5-13,15-18,26,30-31,39,42,47H,14H2,1-4H3,(H,44,49)(H,45,48)/t26-,30?,31-,39?,40?/m0/s1. The van der Waals surface area contributed by atoms with Gasteiger partial charge in [0.1, 0.15) is 23.2 Å². The van der Waals surface area contributed by atoms with E-state index in [9.17, 15) is 9.59 Å². The second-order valence-corrected chi connectivity index (χ2v) is 15.8. The molecule has 5 atom stereocenters. The van der Waals surface area contributed by atoms with E-state index >= 15 is 0 Å². The highest BCUT2D eigenvalue weighted by Gasteiger charge is 2.61. The molecule has 3 aromatic heterocycles. The Balaban J connectivity index is 1.28. The number of rotatable bonds is 4. The minimum absolute atomic E-state index is 0.0257. The summed E-state index contributed by atoms with van der Waals surface area (Å²) in [6.07, 6.45) is 3.32. The maximum atomic E-state index is 14.2. The Hall–Kier alpha value is -5.36. The van der Waals surface area contributed by atoms with Crippen LogP contribution in [0.25, 0.3) is 44.9 Å². The molecule has 3 unspecified atom stereocenters. The number of hydrogen-bond acceptors (Lipinski definition) is 8. The molecule has 0 radical (unpaired) electrons. The quantitative estimate of drug-likeness (QED) is 0.138. The van der Waals surface area contributed by atoms with Gasteiger partial charge in [-0.05, 0) is 35.1 Å². The molecular weight excluding hydrogens is 724 g/mol. The number of fused-ring (bicyclic) bond motifs is 7. The lowest BCUT2D eigenvalue weighted by Crippen LogP contribution is -2.51. The number of aromatic amines is 1. The van der Waals surface area contributed by atoms with Crippen molar-refractivity contribution in [1.29, 1.82) is 0 Å². The van der Waals surface area contributed by atoms with Gasteiger partial charge < -0.3 is 34.5 Å². The summed E-state index contributed by atoms with van der Waals surface area (Å²) in [6.45, 7) is 7.91. The minimum atomic E-state index is -1.03. The Morgan fingerprint density at radius 2 is 1.83 bits per heavy atom. The van der Waals surface area contributed by atoms with Crippen LogP contribution >= 0.6 is 15.9 Å². The van der Waals surface area contributed by atoms with Crippen LogP contribution in [0.5, 0.6) is 5.75 Å². The average Bonchev–Trinajstić information content (AvgIpc) is 3.95. The van der Waals surface area contributed by atoms with E-state index in [-0.39, 0.29) is 30.1 Å². The summed E-state index contributed by atoms with van der Waals surface area (Å²) in [6, 6.07) is 17.0. The van der Waals surface area contributed by atoms with E-state index in [1.54, 1.807) is 6.20 Å². The van der Waals surface area contributed by atoms with Crippen molar-refractivity contribution < 1.29 is 23.2 Å². The fourth-order valence-electron chi connectivity index (χ4n) is 8.41. The first-order valence-electron chi connectivity index (χ1n) is 17.7. The first kappa shape index (κ1) is 31.4. The first-order chi connectivity index (χ1) is 25.1. The summed E-state index contributed by atoms with van der Waals surface area (Å²) in [5.41, 5.74) is 6.89. The first-order valence-corrected chi connectivity index (χ1v) is 18.6. The number of ether oxygens (including phenoxy) is 1. The van der Waals surface area contributed by atoms with E-state index in [1.165, 1.54) is 0 Å². The SMILES string of the molecule is CC(C)C(Br)C(=O)N[C@H]1Cc2ccc3c(c2)C24c5cccc(c5NC2O3)-c2cccc3[nH]cc(c23)-c2cnc(o2)-c2nc(oc24)[C@H](C(C)C)NC1=O. The van der Waals surface area contributed by atoms with Crippen LogP contribution in [-0.2, 0) is 21.4 Å². The molecule has 4 aliphatic rings. The van der Waals surface area contributed by atoms with Gasteiger partial charge >= 0.3 is 0 Å². The van der Waals surface area contributed by atoms with Crippen molar-refractivity contribution in [2.24, 2.45) is 11.8 Å². The van der Waals surface area contributed by atoms with E-state index in [4.69, 9.17) is 23.5 Å². The van der Waals surface area contributed by atoms with Crippen LogP contribution in [-0.4, -0.2) is 43.9 Å². The fourth-order valence-corrected chi connectivity index (χ4v) is 8.54. The second kappa shape index (κ2) is 11.1. The number of nitrogens with one attached hydrogen (secondary N) is 4. The number of oxazole rings is 2. The van der Waals surface area contributed by atoms with Gasteiger partial charge in [-0.1, -0.05) is 86.1 Å². The normalized spacial score (nSPS) is 22.6. The van der Waals surface area contributed by atoms with Gasteiger partial charge in [-0.3, -0.25) is 9.59 Å². The molecule has 10 rings (SSSR count). The lowest BCUT2D eigenvalue weighted by atomic mass is 9.72. The van der Waals surface area contributed by atoms with Gasteiger partial charge in [-0.15, -0.1) is 0 Å². The molecule has 0 fully saturated rings. The predicted octanol–water partition coefficient (Wildman–Crippen LogP) is 7.21. The smallest absolute Gasteiger partial charge is 0.249 e. The zero-order valence-corrected chi connectivity index (χ0v) is 30.4. The molecule has 4 N–H and O–H groups in total. The molecule has 0 saturated carbocycles. The van der Waals surface area contributed by atoms with Gasteiger partial charge in [0, 0.05) is 51.5 Å². The van der Waals surface area contributed by atoms with Gasteiger partial charge in [-0.2, -0.15) is 0 Å². The largest absolute Gasteiger partial charge is 0.469 e. The summed E-state index contributed by atoms with van der Waals surface area (Å²) in [5, 5.41) is 11.0. The average molecular weight is 760 g/mol. The number of H-pyrrole nitrogens is 1. The number of para-hydroxylation sites is 1. The van der Waals surface area contributed by atoms with E-state index in [0.29, 0.717) is 34.7 Å². The number of nitrogens with zero attached hydrogens (tertiary/aromatic N) is 2. The predicted molar refractivity (Wildman–Crippen MR) is 198 cm³/mol. The summed E-state index contributed by atoms with van der Waals surface area (Å²) < 4.78 is 20.5. The van der Waals surface area contributed by atoms with Gasteiger partial charge in [0.2, 0.25) is 23.6 Å². The van der Waals surface area contributed by atoms with Crippen molar-refractivity contribution in [2.75, 3.05) is 5.32 Å². The number of alkyl halides is 1. The Labute approximate surface area is 307 Å². The van der Waals surface area contributed by atoms with Gasteiger partial charge in [0.25, 0.3) is 0 Å². The van der Waals surface area contributed by atoms with Crippen LogP contribution in [0.2, 0.25) is 0 Å². The highest BCUT2D eigenvalue weighted by Crippen LogP contribution is 2.61. The van der Waals surface area contributed by atoms with E-state index in [0.717, 1.165) is 50.0 Å². The summed E-state index contributed by atoms with van der Waals surface area (Å²) in [5.74, 6) is 1.69. The Morgan fingerprint density at radius 3 is 2.65 bits per heavy atom. The maximum Gasteiger partial charge on any atom is 0.249 e. The van der Waals surface area contributed by atoms with Crippen molar-refractivity contribution in [2.45, 2.75) is 62.7 Å². The monoisotopic (exact) mass is 758 g/mol. The fraction of sp³-hybridized carbons (Fsp3) is 0.300. The number of carbonyl (C=O) groups excluding carboxylic acids is 2. The number of benzene rings is 3. The van der Waals surface area contributed by atoms with Gasteiger partial charge in [0.05, 0.1) is 11.0 Å². The van der Waals surface area contributed by atoms with Crippen LogP contribution in [0.3, 0.4) is 0 Å². The zero-order chi connectivity index (χ0) is 35.6. The van der Waals surface area contributed by atoms with Gasteiger partial charge in [-0.25, -0.2) is 9.97 Å². The maximum absolute atomic E-state index is 14.2. The molecule has 1 spiro atoms. The third kappa shape index (κ3) is 4.24. The van der Waals surface area contributed by atoms with E-state index in [1.807, 2.05) is 52.1 Å². The Bertz CT molecular complexity index is 2480. The van der Waals surface area contributed by atoms with Crippen molar-refractivity contribution in [3.63, 3.8) is 0 Å².